The fraction of sp³-hybridized carbons (Fsp3) is 0.400. The Morgan fingerprint density at radius 1 is 0.816 bits per heavy atom. The summed E-state index contributed by atoms with van der Waals surface area (Å²) in [6.07, 6.45) is 11.3. The number of hydrogen-bond acceptors (Lipinski definition) is 7. The maximum absolute atomic E-state index is 4.87. The molecule has 0 unspecified atom stereocenters. The normalized spacial score (nSPS) is 16.4. The summed E-state index contributed by atoms with van der Waals surface area (Å²) < 4.78 is 2.29. The second kappa shape index (κ2) is 11.2. The lowest BCUT2D eigenvalue weighted by Gasteiger charge is -2.30. The van der Waals surface area contributed by atoms with E-state index >= 15 is 0 Å². The molecule has 8 heteroatoms. The van der Waals surface area contributed by atoms with Gasteiger partial charge in [0.05, 0.1) is 6.21 Å². The van der Waals surface area contributed by atoms with Crippen LogP contribution in [0.3, 0.4) is 0 Å². The number of nitrogens with zero attached hydrogens (tertiary/aromatic N) is 7. The van der Waals surface area contributed by atoms with Gasteiger partial charge in [-0.3, -0.25) is 0 Å². The molecule has 0 amide bonds. The Balaban J connectivity index is 1.26. The lowest BCUT2D eigenvalue weighted by Crippen LogP contribution is -2.34. The van der Waals surface area contributed by atoms with Crippen LogP contribution in [0.15, 0.2) is 59.8 Å². The minimum atomic E-state index is 0.501. The van der Waals surface area contributed by atoms with Gasteiger partial charge in [0.1, 0.15) is 0 Å². The molecule has 196 valence electrons. The molecule has 0 radical (unpaired) electrons. The average molecular weight is 509 g/mol. The molecule has 6 rings (SSSR count). The number of fused-ring (bicyclic) bond motifs is 1. The van der Waals surface area contributed by atoms with E-state index in [0.717, 1.165) is 50.2 Å². The van der Waals surface area contributed by atoms with Gasteiger partial charge in [-0.15, -0.1) is 0 Å². The largest absolute Gasteiger partial charge is 0.342 e. The van der Waals surface area contributed by atoms with Crippen LogP contribution in [0, 0.1) is 6.92 Å². The molecule has 2 aromatic carbocycles. The Kier molecular flexibility index (Phi) is 7.20. The second-order valence-electron chi connectivity index (χ2n) is 10.4. The number of nitrogens with one attached hydrogen (secondary N) is 1. The molecule has 4 heterocycles. The van der Waals surface area contributed by atoms with Crippen molar-refractivity contribution in [3.63, 3.8) is 0 Å². The van der Waals surface area contributed by atoms with Crippen LogP contribution in [0.25, 0.3) is 10.9 Å². The van der Waals surface area contributed by atoms with Crippen molar-refractivity contribution in [3.8, 4) is 0 Å². The van der Waals surface area contributed by atoms with Gasteiger partial charge in [-0.25, -0.2) is 5.43 Å². The van der Waals surface area contributed by atoms with Crippen molar-refractivity contribution in [3.05, 3.63) is 71.4 Å². The van der Waals surface area contributed by atoms with Crippen molar-refractivity contribution < 1.29 is 0 Å². The second-order valence-corrected chi connectivity index (χ2v) is 10.4. The van der Waals surface area contributed by atoms with Gasteiger partial charge in [-0.2, -0.15) is 20.1 Å². The molecule has 2 aliphatic rings. The minimum absolute atomic E-state index is 0.501. The molecular weight excluding hydrogens is 472 g/mol. The molecule has 38 heavy (non-hydrogen) atoms. The number of rotatable bonds is 7. The zero-order valence-corrected chi connectivity index (χ0v) is 22.2. The number of hydrazone groups is 1. The summed E-state index contributed by atoms with van der Waals surface area (Å²) in [7, 11) is 0. The highest BCUT2D eigenvalue weighted by atomic mass is 15.4. The van der Waals surface area contributed by atoms with Crippen LogP contribution in [0.5, 0.6) is 0 Å². The van der Waals surface area contributed by atoms with Crippen LogP contribution in [0.4, 0.5) is 17.8 Å². The molecule has 2 saturated heterocycles. The Morgan fingerprint density at radius 2 is 1.50 bits per heavy atom. The van der Waals surface area contributed by atoms with Gasteiger partial charge in [0.15, 0.2) is 0 Å². The zero-order valence-electron chi connectivity index (χ0n) is 22.2. The molecule has 1 N–H and O–H groups in total. The van der Waals surface area contributed by atoms with E-state index in [4.69, 9.17) is 15.0 Å². The number of benzene rings is 2. The number of aromatic nitrogens is 4. The van der Waals surface area contributed by atoms with Crippen molar-refractivity contribution in [1.29, 1.82) is 0 Å². The summed E-state index contributed by atoms with van der Waals surface area (Å²) >= 11 is 0. The number of para-hydroxylation sites is 1. The predicted octanol–water partition coefficient (Wildman–Crippen LogP) is 5.61. The first-order valence-electron chi connectivity index (χ1n) is 13.9. The third-order valence-corrected chi connectivity index (χ3v) is 7.51. The lowest BCUT2D eigenvalue weighted by atomic mass is 10.1. The van der Waals surface area contributed by atoms with Crippen molar-refractivity contribution in [1.82, 2.24) is 19.5 Å². The van der Waals surface area contributed by atoms with Crippen LogP contribution in [-0.4, -0.2) is 51.9 Å². The van der Waals surface area contributed by atoms with E-state index < -0.39 is 0 Å². The molecule has 2 aliphatic heterocycles. The quantitative estimate of drug-likeness (QED) is 0.258. The summed E-state index contributed by atoms with van der Waals surface area (Å²) in [5.74, 6) is 2.02. The summed E-state index contributed by atoms with van der Waals surface area (Å²) in [6.45, 7) is 6.92. The Hall–Kier alpha value is -3.94. The highest BCUT2D eigenvalue weighted by molar-refractivity contribution is 5.99. The zero-order chi connectivity index (χ0) is 25.7. The summed E-state index contributed by atoms with van der Waals surface area (Å²) in [5, 5.41) is 5.76. The Labute approximate surface area is 224 Å². The van der Waals surface area contributed by atoms with Crippen molar-refractivity contribution in [2.24, 2.45) is 5.10 Å². The van der Waals surface area contributed by atoms with E-state index in [9.17, 15) is 0 Å². The van der Waals surface area contributed by atoms with Gasteiger partial charge in [-0.1, -0.05) is 48.0 Å². The van der Waals surface area contributed by atoms with Gasteiger partial charge in [-0.05, 0) is 57.1 Å². The predicted molar refractivity (Wildman–Crippen MR) is 155 cm³/mol. The topological polar surface area (TPSA) is 74.5 Å². The van der Waals surface area contributed by atoms with Crippen LogP contribution in [0.1, 0.15) is 55.2 Å². The molecule has 0 saturated carbocycles. The number of anilines is 3. The first kappa shape index (κ1) is 24.4. The monoisotopic (exact) mass is 508 g/mol. The van der Waals surface area contributed by atoms with E-state index in [2.05, 4.69) is 86.5 Å². The fourth-order valence-electron chi connectivity index (χ4n) is 5.55. The highest BCUT2D eigenvalue weighted by Crippen LogP contribution is 2.24. The van der Waals surface area contributed by atoms with Crippen LogP contribution in [0.2, 0.25) is 0 Å². The fourth-order valence-corrected chi connectivity index (χ4v) is 5.55. The van der Waals surface area contributed by atoms with E-state index in [0.29, 0.717) is 5.95 Å². The van der Waals surface area contributed by atoms with Crippen LogP contribution in [-0.2, 0) is 6.54 Å². The summed E-state index contributed by atoms with van der Waals surface area (Å²) in [6, 6.07) is 17.1. The van der Waals surface area contributed by atoms with Crippen molar-refractivity contribution in [2.75, 3.05) is 41.4 Å². The third kappa shape index (κ3) is 5.49. The SMILES string of the molecule is Cc1cccc(Cn2cc(/C=N\Nc3nc(N4CCCCC4)nc(N4CCCCC4)n3)c3ccccc32)c1. The lowest BCUT2D eigenvalue weighted by molar-refractivity contribution is 0.556. The molecule has 0 bridgehead atoms. The van der Waals surface area contributed by atoms with Gasteiger partial charge < -0.3 is 14.4 Å². The molecule has 0 atom stereocenters. The van der Waals surface area contributed by atoms with Gasteiger partial charge in [0.2, 0.25) is 17.8 Å². The van der Waals surface area contributed by atoms with Crippen LogP contribution >= 0.6 is 0 Å². The van der Waals surface area contributed by atoms with E-state index in [1.54, 1.807) is 0 Å². The maximum atomic E-state index is 4.87. The third-order valence-electron chi connectivity index (χ3n) is 7.51. The molecule has 2 aromatic heterocycles. The minimum Gasteiger partial charge on any atom is -0.342 e. The van der Waals surface area contributed by atoms with Gasteiger partial charge in [0.25, 0.3) is 0 Å². The summed E-state index contributed by atoms with van der Waals surface area (Å²) in [4.78, 5) is 19.0. The number of piperidine rings is 2. The first-order valence-corrected chi connectivity index (χ1v) is 13.9. The van der Waals surface area contributed by atoms with Crippen molar-refractivity contribution in [2.45, 2.75) is 52.0 Å². The van der Waals surface area contributed by atoms with Gasteiger partial charge >= 0.3 is 0 Å². The average Bonchev–Trinajstić information content (AvgIpc) is 3.31. The molecule has 2 fully saturated rings. The standard InChI is InChI=1S/C30H36N8/c1-23-11-10-12-24(19-23)21-38-22-25(26-13-4-5-14-27(26)38)20-31-35-28-32-29(36-15-6-2-7-16-36)34-30(33-28)37-17-8-3-9-18-37/h4-5,10-14,19-20,22H,2-3,6-9,15-18,21H2,1H3,(H,32,33,34,35)/b31-20-. The number of hydrogen-bond donors (Lipinski definition) is 1. The maximum Gasteiger partial charge on any atom is 0.250 e. The summed E-state index contributed by atoms with van der Waals surface area (Å²) in [5.41, 5.74) is 7.93. The Bertz CT molecular complexity index is 1380. The highest BCUT2D eigenvalue weighted by Gasteiger charge is 2.20. The molecule has 0 spiro atoms. The smallest absolute Gasteiger partial charge is 0.250 e. The molecule has 4 aromatic rings. The Morgan fingerprint density at radius 3 is 2.18 bits per heavy atom. The van der Waals surface area contributed by atoms with Gasteiger partial charge in [0, 0.05) is 55.4 Å². The molecule has 0 aliphatic carbocycles. The van der Waals surface area contributed by atoms with E-state index in [1.807, 2.05) is 6.21 Å². The first-order chi connectivity index (χ1) is 18.7. The number of aryl methyl sites for hydroxylation is 1. The van der Waals surface area contributed by atoms with E-state index in [-0.39, 0.29) is 0 Å². The van der Waals surface area contributed by atoms with Crippen molar-refractivity contribution >= 4 is 35.0 Å². The molecular formula is C30H36N8. The van der Waals surface area contributed by atoms with Crippen LogP contribution < -0.4 is 15.2 Å². The molecule has 8 nitrogen and oxygen atoms in total. The van der Waals surface area contributed by atoms with E-state index in [1.165, 1.54) is 60.6 Å².